The van der Waals surface area contributed by atoms with E-state index in [1.807, 2.05) is 6.92 Å². The summed E-state index contributed by atoms with van der Waals surface area (Å²) in [7, 11) is 0. The molecule has 52 heavy (non-hydrogen) atoms. The fourth-order valence-electron chi connectivity index (χ4n) is 7.61. The standard InChI is InChI=1S/C44H42N8/c1-4-40-46-42-33(2)30-34(3)45-43(42)50(40)32-51-41(31-49(38-26-16-8-17-27-38)39-28-18-9-19-29-39)52(48-47-51)44(35-20-10-5-11-21-35,36-22-12-6-13-23-36)37-24-14-7-15-25-37/h5-30,41H,4,31-32H2,1-3H3. The Morgan fingerprint density at radius 3 is 1.58 bits per heavy atom. The minimum atomic E-state index is -0.832. The zero-order valence-electron chi connectivity index (χ0n) is 29.8. The van der Waals surface area contributed by atoms with Crippen molar-refractivity contribution in [2.45, 2.75) is 45.6 Å². The van der Waals surface area contributed by atoms with Crippen molar-refractivity contribution in [1.82, 2.24) is 24.6 Å². The molecule has 0 saturated carbocycles. The Kier molecular flexibility index (Phi) is 8.95. The van der Waals surface area contributed by atoms with Gasteiger partial charge in [0.25, 0.3) is 0 Å². The summed E-state index contributed by atoms with van der Waals surface area (Å²) < 4.78 is 2.22. The topological polar surface area (TPSA) is 65.2 Å². The van der Waals surface area contributed by atoms with Crippen LogP contribution in [0.3, 0.4) is 0 Å². The summed E-state index contributed by atoms with van der Waals surface area (Å²) in [5, 5.41) is 14.6. The maximum atomic E-state index is 5.20. The average molecular weight is 683 g/mol. The highest BCUT2D eigenvalue weighted by Gasteiger charge is 2.50. The summed E-state index contributed by atoms with van der Waals surface area (Å²) in [6.45, 7) is 7.27. The fourth-order valence-corrected chi connectivity index (χ4v) is 7.61. The lowest BCUT2D eigenvalue weighted by Gasteiger charge is -2.46. The number of pyridine rings is 1. The quantitative estimate of drug-likeness (QED) is 0.127. The average Bonchev–Trinajstić information content (AvgIpc) is 3.77. The molecule has 7 aromatic rings. The van der Waals surface area contributed by atoms with Crippen molar-refractivity contribution in [2.75, 3.05) is 11.4 Å². The van der Waals surface area contributed by atoms with E-state index in [4.69, 9.17) is 20.4 Å². The number of imidazole rings is 1. The van der Waals surface area contributed by atoms with Crippen molar-refractivity contribution in [3.05, 3.63) is 191 Å². The first-order valence-electron chi connectivity index (χ1n) is 17.9. The maximum Gasteiger partial charge on any atom is 0.162 e. The van der Waals surface area contributed by atoms with Crippen LogP contribution in [0.4, 0.5) is 11.4 Å². The number of para-hydroxylation sites is 2. The van der Waals surface area contributed by atoms with Crippen molar-refractivity contribution in [2.24, 2.45) is 10.4 Å². The van der Waals surface area contributed by atoms with Crippen molar-refractivity contribution < 1.29 is 0 Å². The van der Waals surface area contributed by atoms with Crippen molar-refractivity contribution in [1.29, 1.82) is 0 Å². The molecule has 0 fully saturated rings. The first kappa shape index (κ1) is 32.9. The second-order valence-electron chi connectivity index (χ2n) is 13.2. The van der Waals surface area contributed by atoms with Gasteiger partial charge in [0, 0.05) is 23.5 Å². The Balaban J connectivity index is 1.35. The van der Waals surface area contributed by atoms with Crippen molar-refractivity contribution >= 4 is 22.5 Å². The van der Waals surface area contributed by atoms with Gasteiger partial charge in [0.1, 0.15) is 23.5 Å². The molecule has 0 aliphatic carbocycles. The largest absolute Gasteiger partial charge is 0.337 e. The summed E-state index contributed by atoms with van der Waals surface area (Å²) in [5.74, 6) is 0.965. The number of aryl methyl sites for hydroxylation is 3. The van der Waals surface area contributed by atoms with E-state index in [1.54, 1.807) is 0 Å². The highest BCUT2D eigenvalue weighted by Crippen LogP contribution is 2.46. The van der Waals surface area contributed by atoms with Gasteiger partial charge < -0.3 is 4.90 Å². The van der Waals surface area contributed by atoms with Crippen LogP contribution >= 0.6 is 0 Å². The van der Waals surface area contributed by atoms with E-state index in [0.717, 1.165) is 62.7 Å². The molecule has 1 aliphatic heterocycles. The number of hydrogen-bond acceptors (Lipinski definition) is 7. The number of anilines is 2. The van der Waals surface area contributed by atoms with Crippen LogP contribution in [0, 0.1) is 13.8 Å². The molecule has 5 aromatic carbocycles. The maximum absolute atomic E-state index is 5.20. The van der Waals surface area contributed by atoms with Gasteiger partial charge in [-0.3, -0.25) is 4.57 Å². The Morgan fingerprint density at radius 1 is 0.615 bits per heavy atom. The predicted molar refractivity (Wildman–Crippen MR) is 208 cm³/mol. The first-order chi connectivity index (χ1) is 25.6. The van der Waals surface area contributed by atoms with Gasteiger partial charge in [-0.25, -0.2) is 20.0 Å². The molecule has 0 radical (unpaired) electrons. The van der Waals surface area contributed by atoms with Gasteiger partial charge in [-0.15, -0.1) is 0 Å². The molecule has 2 aromatic heterocycles. The van der Waals surface area contributed by atoms with E-state index < -0.39 is 5.54 Å². The monoisotopic (exact) mass is 682 g/mol. The third-order valence-corrected chi connectivity index (χ3v) is 9.98. The van der Waals surface area contributed by atoms with Crippen LogP contribution in [-0.4, -0.2) is 37.3 Å². The highest BCUT2D eigenvalue weighted by molar-refractivity contribution is 5.76. The number of aromatic nitrogens is 3. The first-order valence-corrected chi connectivity index (χ1v) is 17.9. The molecule has 1 atom stereocenters. The fraction of sp³-hybridized carbons (Fsp3) is 0.182. The lowest BCUT2D eigenvalue weighted by Crippen LogP contribution is -2.55. The molecule has 8 rings (SSSR count). The molecule has 0 bridgehead atoms. The predicted octanol–water partition coefficient (Wildman–Crippen LogP) is 9.62. The van der Waals surface area contributed by atoms with E-state index in [0.29, 0.717) is 13.2 Å². The molecule has 258 valence electrons. The van der Waals surface area contributed by atoms with Gasteiger partial charge in [0.2, 0.25) is 0 Å². The third kappa shape index (κ3) is 5.86. The lowest BCUT2D eigenvalue weighted by atomic mass is 9.76. The number of nitrogens with zero attached hydrogens (tertiary/aromatic N) is 8. The molecule has 0 N–H and O–H groups in total. The van der Waals surface area contributed by atoms with Crippen LogP contribution in [0.2, 0.25) is 0 Å². The zero-order valence-corrected chi connectivity index (χ0v) is 29.8. The number of fused-ring (bicyclic) bond motifs is 1. The van der Waals surface area contributed by atoms with E-state index in [-0.39, 0.29) is 6.17 Å². The molecule has 1 aliphatic rings. The van der Waals surface area contributed by atoms with E-state index in [2.05, 4.69) is 191 Å². The van der Waals surface area contributed by atoms with Crippen LogP contribution in [0.15, 0.2) is 168 Å². The second kappa shape index (κ2) is 14.2. The van der Waals surface area contributed by atoms with Gasteiger partial charge in [0.15, 0.2) is 11.8 Å². The second-order valence-corrected chi connectivity index (χ2v) is 13.2. The van der Waals surface area contributed by atoms with E-state index in [9.17, 15) is 0 Å². The Labute approximate surface area is 305 Å². The Bertz CT molecular complexity index is 2140. The minimum absolute atomic E-state index is 0.353. The highest BCUT2D eigenvalue weighted by atomic mass is 15.8. The van der Waals surface area contributed by atoms with Crippen LogP contribution in [0.1, 0.15) is 40.7 Å². The summed E-state index contributed by atoms with van der Waals surface area (Å²) in [6.07, 6.45) is 0.408. The molecule has 8 heteroatoms. The number of rotatable bonds is 11. The summed E-state index contributed by atoms with van der Waals surface area (Å²) >= 11 is 0. The summed E-state index contributed by atoms with van der Waals surface area (Å²) in [6, 6.07) is 55.3. The lowest BCUT2D eigenvalue weighted by molar-refractivity contribution is 0.0373. The van der Waals surface area contributed by atoms with Crippen LogP contribution in [0.25, 0.3) is 11.2 Å². The van der Waals surface area contributed by atoms with Crippen molar-refractivity contribution in [3.63, 3.8) is 0 Å². The van der Waals surface area contributed by atoms with Crippen LogP contribution in [0.5, 0.6) is 0 Å². The van der Waals surface area contributed by atoms with Gasteiger partial charge >= 0.3 is 0 Å². The van der Waals surface area contributed by atoms with Gasteiger partial charge in [0.05, 0.1) is 6.54 Å². The van der Waals surface area contributed by atoms with Crippen LogP contribution < -0.4 is 4.90 Å². The summed E-state index contributed by atoms with van der Waals surface area (Å²) in [4.78, 5) is 12.5. The zero-order chi connectivity index (χ0) is 35.5. The summed E-state index contributed by atoms with van der Waals surface area (Å²) in [5.41, 5.74) is 8.50. The smallest absolute Gasteiger partial charge is 0.162 e. The van der Waals surface area contributed by atoms with Gasteiger partial charge in [-0.05, 0) is 76.9 Å². The molecule has 1 unspecified atom stereocenters. The SMILES string of the molecule is CCc1nc2c(C)cc(C)nc2n1CN1N=NN(C(c2ccccc2)(c2ccccc2)c2ccccc2)C1CN(c1ccccc1)c1ccccc1. The molecular formula is C44H42N8. The normalized spacial score (nSPS) is 14.3. The number of benzene rings is 5. The molecule has 0 amide bonds. The molecule has 3 heterocycles. The Morgan fingerprint density at radius 2 is 1.10 bits per heavy atom. The molecule has 0 saturated heterocycles. The third-order valence-electron chi connectivity index (χ3n) is 9.98. The van der Waals surface area contributed by atoms with E-state index >= 15 is 0 Å². The van der Waals surface area contributed by atoms with Crippen LogP contribution in [-0.2, 0) is 18.6 Å². The van der Waals surface area contributed by atoms with E-state index in [1.165, 1.54) is 0 Å². The van der Waals surface area contributed by atoms with Crippen molar-refractivity contribution in [3.8, 4) is 0 Å². The molecule has 0 spiro atoms. The Hall–Kier alpha value is -6.28. The minimum Gasteiger partial charge on any atom is -0.337 e. The van der Waals surface area contributed by atoms with Gasteiger partial charge in [-0.1, -0.05) is 134 Å². The molecular weight excluding hydrogens is 641 g/mol. The molecule has 8 nitrogen and oxygen atoms in total. The number of hydrogen-bond donors (Lipinski definition) is 0. The van der Waals surface area contributed by atoms with Gasteiger partial charge in [-0.2, -0.15) is 0 Å².